The Morgan fingerprint density at radius 1 is 1.22 bits per heavy atom. The average Bonchev–Trinajstić information content (AvgIpc) is 2.18. The van der Waals surface area contributed by atoms with E-state index in [-0.39, 0.29) is 11.8 Å². The van der Waals surface area contributed by atoms with Gasteiger partial charge in [-0.25, -0.2) is 8.42 Å². The predicted molar refractivity (Wildman–Crippen MR) is 71.9 cm³/mol. The first-order valence-corrected chi connectivity index (χ1v) is 7.66. The van der Waals surface area contributed by atoms with Crippen LogP contribution in [0.25, 0.3) is 0 Å². The van der Waals surface area contributed by atoms with E-state index in [0.29, 0.717) is 5.56 Å². The highest BCUT2D eigenvalue weighted by Crippen LogP contribution is 2.08. The molecule has 1 aromatic rings. The van der Waals surface area contributed by atoms with Gasteiger partial charge in [-0.05, 0) is 26.3 Å². The minimum Gasteiger partial charge on any atom is -0.353 e. The van der Waals surface area contributed by atoms with Gasteiger partial charge >= 0.3 is 0 Å². The third-order valence-corrected chi connectivity index (χ3v) is 3.78. The third kappa shape index (κ3) is 5.31. The zero-order valence-electron chi connectivity index (χ0n) is 10.9. The second-order valence-corrected chi connectivity index (χ2v) is 6.80. The van der Waals surface area contributed by atoms with Crippen molar-refractivity contribution in [3.8, 4) is 0 Å². The van der Waals surface area contributed by atoms with Crippen LogP contribution in [0.2, 0.25) is 0 Å². The van der Waals surface area contributed by atoms with E-state index in [1.54, 1.807) is 26.0 Å². The number of carbonyl (C=O) groups is 1. The summed E-state index contributed by atoms with van der Waals surface area (Å²) in [5.41, 5.74) is 1.78. The van der Waals surface area contributed by atoms with Crippen molar-refractivity contribution >= 4 is 15.7 Å². The van der Waals surface area contributed by atoms with Crippen molar-refractivity contribution in [3.63, 3.8) is 0 Å². The Bertz CT molecular complexity index is 504. The topological polar surface area (TPSA) is 63.2 Å². The molecule has 0 aliphatic heterocycles. The summed E-state index contributed by atoms with van der Waals surface area (Å²) in [6, 6.07) is 7.21. The molecule has 1 N–H and O–H groups in total. The largest absolute Gasteiger partial charge is 0.353 e. The van der Waals surface area contributed by atoms with Crippen molar-refractivity contribution in [2.45, 2.75) is 32.6 Å². The number of aryl methyl sites for hydroxylation is 1. The molecule has 0 saturated heterocycles. The molecule has 0 atom stereocenters. The molecule has 18 heavy (non-hydrogen) atoms. The van der Waals surface area contributed by atoms with Gasteiger partial charge in [0, 0.05) is 6.04 Å². The van der Waals surface area contributed by atoms with Crippen LogP contribution in [0.1, 0.15) is 25.0 Å². The number of carbonyl (C=O) groups excluding carboxylic acids is 1. The first-order chi connectivity index (χ1) is 8.28. The number of sulfone groups is 1. The number of benzene rings is 1. The first-order valence-electron chi connectivity index (χ1n) is 5.84. The highest BCUT2D eigenvalue weighted by atomic mass is 32.2. The van der Waals surface area contributed by atoms with Crippen LogP contribution in [-0.2, 0) is 20.4 Å². The van der Waals surface area contributed by atoms with Gasteiger partial charge in [0.05, 0.1) is 5.75 Å². The van der Waals surface area contributed by atoms with Gasteiger partial charge in [-0.2, -0.15) is 0 Å². The fraction of sp³-hybridized carbons (Fsp3) is 0.462. The second kappa shape index (κ2) is 6.00. The molecule has 100 valence electrons. The van der Waals surface area contributed by atoms with E-state index in [9.17, 15) is 13.2 Å². The summed E-state index contributed by atoms with van der Waals surface area (Å²) in [5, 5.41) is 2.58. The Morgan fingerprint density at radius 3 is 2.28 bits per heavy atom. The van der Waals surface area contributed by atoms with Crippen LogP contribution in [0.3, 0.4) is 0 Å². The van der Waals surface area contributed by atoms with E-state index in [4.69, 9.17) is 0 Å². The highest BCUT2D eigenvalue weighted by molar-refractivity contribution is 7.91. The molecule has 0 radical (unpaired) electrons. The summed E-state index contributed by atoms with van der Waals surface area (Å²) >= 11 is 0. The minimum absolute atomic E-state index is 0.0490. The van der Waals surface area contributed by atoms with Crippen molar-refractivity contribution in [1.82, 2.24) is 5.32 Å². The van der Waals surface area contributed by atoms with Crippen LogP contribution in [-0.4, -0.2) is 26.1 Å². The molecule has 1 rings (SSSR count). The SMILES string of the molecule is Cc1ccc(CS(=O)(=O)CC(=O)NC(C)C)cc1. The molecule has 0 aliphatic rings. The Balaban J connectivity index is 2.65. The number of nitrogens with one attached hydrogen (secondary N) is 1. The smallest absolute Gasteiger partial charge is 0.235 e. The molecule has 0 aliphatic carbocycles. The summed E-state index contributed by atoms with van der Waals surface area (Å²) in [5.74, 6) is -1.00. The maximum atomic E-state index is 11.8. The lowest BCUT2D eigenvalue weighted by molar-refractivity contribution is -0.119. The molecule has 0 unspecified atom stereocenters. The maximum Gasteiger partial charge on any atom is 0.235 e. The average molecular weight is 269 g/mol. The molecule has 5 heteroatoms. The van der Waals surface area contributed by atoms with Crippen LogP contribution in [0.15, 0.2) is 24.3 Å². The van der Waals surface area contributed by atoms with Gasteiger partial charge in [0.25, 0.3) is 0 Å². The quantitative estimate of drug-likeness (QED) is 0.879. The summed E-state index contributed by atoms with van der Waals surface area (Å²) < 4.78 is 23.6. The van der Waals surface area contributed by atoms with Gasteiger partial charge in [-0.3, -0.25) is 4.79 Å². The Morgan fingerprint density at radius 2 is 1.78 bits per heavy atom. The van der Waals surface area contributed by atoms with Crippen molar-refractivity contribution in [2.24, 2.45) is 0 Å². The number of hydrogen-bond donors (Lipinski definition) is 1. The third-order valence-electron chi connectivity index (χ3n) is 2.31. The van der Waals surface area contributed by atoms with Gasteiger partial charge in [0.1, 0.15) is 5.75 Å². The Labute approximate surface area is 108 Å². The van der Waals surface area contributed by atoms with Crippen molar-refractivity contribution < 1.29 is 13.2 Å². The summed E-state index contributed by atoms with van der Waals surface area (Å²) in [7, 11) is -3.40. The molecule has 0 heterocycles. The van der Waals surface area contributed by atoms with Gasteiger partial charge in [-0.15, -0.1) is 0 Å². The molecule has 1 aromatic carbocycles. The van der Waals surface area contributed by atoms with Crippen LogP contribution in [0.5, 0.6) is 0 Å². The summed E-state index contributed by atoms with van der Waals surface area (Å²) in [6.45, 7) is 5.53. The zero-order valence-corrected chi connectivity index (χ0v) is 11.8. The fourth-order valence-corrected chi connectivity index (χ4v) is 2.84. The molecule has 4 nitrogen and oxygen atoms in total. The van der Waals surface area contributed by atoms with E-state index in [1.807, 2.05) is 19.1 Å². The van der Waals surface area contributed by atoms with E-state index >= 15 is 0 Å². The van der Waals surface area contributed by atoms with Crippen molar-refractivity contribution in [3.05, 3.63) is 35.4 Å². The maximum absolute atomic E-state index is 11.8. The lowest BCUT2D eigenvalue weighted by Gasteiger charge is -2.09. The Hall–Kier alpha value is -1.36. The molecule has 0 saturated carbocycles. The number of rotatable bonds is 5. The van der Waals surface area contributed by atoms with Gasteiger partial charge in [0.2, 0.25) is 5.91 Å². The van der Waals surface area contributed by atoms with Crippen LogP contribution in [0.4, 0.5) is 0 Å². The summed E-state index contributed by atoms with van der Waals surface area (Å²) in [6.07, 6.45) is 0. The summed E-state index contributed by atoms with van der Waals surface area (Å²) in [4.78, 5) is 11.4. The lowest BCUT2D eigenvalue weighted by atomic mass is 10.2. The normalized spacial score (nSPS) is 11.6. The molecular weight excluding hydrogens is 250 g/mol. The lowest BCUT2D eigenvalue weighted by Crippen LogP contribution is -2.35. The Kier molecular flexibility index (Phi) is 4.90. The molecule has 1 amide bonds. The van der Waals surface area contributed by atoms with Gasteiger partial charge < -0.3 is 5.32 Å². The molecule has 0 spiro atoms. The monoisotopic (exact) mass is 269 g/mol. The van der Waals surface area contributed by atoms with E-state index in [1.165, 1.54) is 0 Å². The van der Waals surface area contributed by atoms with Crippen LogP contribution in [0, 0.1) is 6.92 Å². The fourth-order valence-electron chi connectivity index (χ4n) is 1.55. The minimum atomic E-state index is -3.40. The van der Waals surface area contributed by atoms with Crippen molar-refractivity contribution in [2.75, 3.05) is 5.75 Å². The van der Waals surface area contributed by atoms with E-state index < -0.39 is 21.5 Å². The van der Waals surface area contributed by atoms with Gasteiger partial charge in [0.15, 0.2) is 9.84 Å². The van der Waals surface area contributed by atoms with E-state index in [0.717, 1.165) is 5.56 Å². The molecule has 0 aromatic heterocycles. The first kappa shape index (κ1) is 14.7. The van der Waals surface area contributed by atoms with Gasteiger partial charge in [-0.1, -0.05) is 29.8 Å². The number of amides is 1. The molecular formula is C13H19NO3S. The van der Waals surface area contributed by atoms with Crippen LogP contribution >= 0.6 is 0 Å². The zero-order chi connectivity index (χ0) is 13.8. The standard InChI is InChI=1S/C13H19NO3S/c1-10(2)14-13(15)9-18(16,17)8-12-6-4-11(3)5-7-12/h4-7,10H,8-9H2,1-3H3,(H,14,15). The second-order valence-electron chi connectivity index (χ2n) is 4.74. The molecule has 0 fully saturated rings. The van der Waals surface area contributed by atoms with Crippen LogP contribution < -0.4 is 5.32 Å². The molecule has 0 bridgehead atoms. The van der Waals surface area contributed by atoms with Crippen molar-refractivity contribution in [1.29, 1.82) is 0 Å². The highest BCUT2D eigenvalue weighted by Gasteiger charge is 2.17. The number of hydrogen-bond acceptors (Lipinski definition) is 3. The predicted octanol–water partition coefficient (Wildman–Crippen LogP) is 1.43. The van der Waals surface area contributed by atoms with E-state index in [2.05, 4.69) is 5.32 Å².